The molecule has 0 N–H and O–H groups in total. The molecular weight excluding hydrogens is 306 g/mol. The molecule has 2 aliphatic rings. The first-order valence-corrected chi connectivity index (χ1v) is 10.5. The van der Waals surface area contributed by atoms with Crippen molar-refractivity contribution in [2.75, 3.05) is 24.6 Å². The number of unbranched alkanes of at least 4 members (excludes halogenated alkanes) is 1. The molecule has 1 aromatic carbocycles. The Kier molecular flexibility index (Phi) is 5.95. The highest BCUT2D eigenvalue weighted by Crippen LogP contribution is 2.46. The molecule has 0 atom stereocenters. The molecule has 1 saturated heterocycles. The molecule has 0 unspecified atom stereocenters. The van der Waals surface area contributed by atoms with Crippen LogP contribution >= 0.6 is 23.5 Å². The number of allylic oxidation sites excluding steroid dienone is 1. The lowest BCUT2D eigenvalue weighted by Crippen LogP contribution is -2.42. The number of fused-ring (bicyclic) bond motifs is 1. The summed E-state index contributed by atoms with van der Waals surface area (Å²) in [7, 11) is 0. The average Bonchev–Trinajstić information content (AvgIpc) is 2.56. The van der Waals surface area contributed by atoms with Gasteiger partial charge in [0, 0.05) is 19.6 Å². The maximum atomic E-state index is 3.88. The van der Waals surface area contributed by atoms with Crippen LogP contribution in [0.25, 0.3) is 0 Å². The van der Waals surface area contributed by atoms with E-state index in [0.717, 1.165) is 13.0 Å². The quantitative estimate of drug-likeness (QED) is 0.534. The molecule has 0 aliphatic carbocycles. The van der Waals surface area contributed by atoms with E-state index in [1.54, 1.807) is 11.1 Å². The topological polar surface area (TPSA) is 3.24 Å². The number of benzene rings is 1. The van der Waals surface area contributed by atoms with Gasteiger partial charge in [0.2, 0.25) is 0 Å². The van der Waals surface area contributed by atoms with Crippen LogP contribution in [0.2, 0.25) is 0 Å². The van der Waals surface area contributed by atoms with Gasteiger partial charge in [0.1, 0.15) is 0 Å². The molecule has 0 saturated carbocycles. The largest absolute Gasteiger partial charge is 0.297 e. The minimum atomic E-state index is 0.424. The summed E-state index contributed by atoms with van der Waals surface area (Å²) >= 11 is 4.45. The second kappa shape index (κ2) is 7.94. The van der Waals surface area contributed by atoms with Crippen LogP contribution in [0, 0.1) is 0 Å². The monoisotopic (exact) mass is 333 g/mol. The Labute approximate surface area is 143 Å². The van der Waals surface area contributed by atoms with E-state index in [1.165, 1.54) is 50.3 Å². The number of hydrogen-bond acceptors (Lipinski definition) is 3. The molecule has 1 aromatic rings. The summed E-state index contributed by atoms with van der Waals surface area (Å²) in [6.45, 7) is 7.49. The first kappa shape index (κ1) is 16.5. The molecule has 3 heteroatoms. The van der Waals surface area contributed by atoms with E-state index in [-0.39, 0.29) is 0 Å². The first-order chi connectivity index (χ1) is 10.8. The third-order valence-corrected chi connectivity index (χ3v) is 8.07. The van der Waals surface area contributed by atoms with Crippen LogP contribution in [0.3, 0.4) is 0 Å². The van der Waals surface area contributed by atoms with Crippen molar-refractivity contribution in [3.05, 3.63) is 48.0 Å². The fourth-order valence-corrected chi connectivity index (χ4v) is 6.94. The third-order valence-electron chi connectivity index (χ3n) is 4.66. The van der Waals surface area contributed by atoms with E-state index in [0.29, 0.717) is 4.08 Å². The molecule has 120 valence electrons. The third kappa shape index (κ3) is 4.12. The number of thioether (sulfide) groups is 2. The van der Waals surface area contributed by atoms with Gasteiger partial charge in [0.15, 0.2) is 0 Å². The highest BCUT2D eigenvalue weighted by atomic mass is 32.2. The lowest BCUT2D eigenvalue weighted by molar-refractivity contribution is 0.245. The SMILES string of the molecule is C=CCCCC1(CN2CCc3ccccc3C2)SCCCS1. The van der Waals surface area contributed by atoms with Crippen molar-refractivity contribution in [1.29, 1.82) is 0 Å². The van der Waals surface area contributed by atoms with Gasteiger partial charge in [-0.15, -0.1) is 30.1 Å². The second-order valence-corrected chi connectivity index (χ2v) is 9.59. The highest BCUT2D eigenvalue weighted by Gasteiger charge is 2.35. The molecule has 2 aliphatic heterocycles. The van der Waals surface area contributed by atoms with Gasteiger partial charge in [0.25, 0.3) is 0 Å². The van der Waals surface area contributed by atoms with E-state index in [4.69, 9.17) is 0 Å². The first-order valence-electron chi connectivity index (χ1n) is 8.49. The zero-order chi connectivity index (χ0) is 15.3. The van der Waals surface area contributed by atoms with E-state index < -0.39 is 0 Å². The van der Waals surface area contributed by atoms with Crippen molar-refractivity contribution in [3.8, 4) is 0 Å². The van der Waals surface area contributed by atoms with E-state index in [1.807, 2.05) is 0 Å². The average molecular weight is 334 g/mol. The molecule has 0 aromatic heterocycles. The lowest BCUT2D eigenvalue weighted by Gasteiger charge is -2.41. The van der Waals surface area contributed by atoms with Crippen LogP contribution in [-0.2, 0) is 13.0 Å². The van der Waals surface area contributed by atoms with Gasteiger partial charge in [-0.3, -0.25) is 4.90 Å². The van der Waals surface area contributed by atoms with Crippen molar-refractivity contribution in [1.82, 2.24) is 4.90 Å². The van der Waals surface area contributed by atoms with Crippen molar-refractivity contribution in [2.45, 2.75) is 42.7 Å². The molecule has 0 bridgehead atoms. The summed E-state index contributed by atoms with van der Waals surface area (Å²) in [5.41, 5.74) is 3.10. The lowest BCUT2D eigenvalue weighted by atomic mass is 9.99. The Morgan fingerprint density at radius 3 is 2.73 bits per heavy atom. The molecule has 2 heterocycles. The summed E-state index contributed by atoms with van der Waals surface area (Å²) in [4.78, 5) is 2.70. The Hall–Kier alpha value is -0.380. The minimum absolute atomic E-state index is 0.424. The maximum Gasteiger partial charge on any atom is 0.0737 e. The molecule has 1 fully saturated rings. The van der Waals surface area contributed by atoms with Crippen molar-refractivity contribution in [3.63, 3.8) is 0 Å². The summed E-state index contributed by atoms with van der Waals surface area (Å²) in [6, 6.07) is 8.98. The van der Waals surface area contributed by atoms with Crippen LogP contribution in [0.1, 0.15) is 36.8 Å². The predicted molar refractivity (Wildman–Crippen MR) is 102 cm³/mol. The normalized spacial score (nSPS) is 21.3. The summed E-state index contributed by atoms with van der Waals surface area (Å²) in [5.74, 6) is 2.68. The molecule has 22 heavy (non-hydrogen) atoms. The molecule has 0 amide bonds. The van der Waals surface area contributed by atoms with E-state index in [9.17, 15) is 0 Å². The van der Waals surface area contributed by atoms with Gasteiger partial charge in [-0.1, -0.05) is 30.3 Å². The number of nitrogens with zero attached hydrogens (tertiary/aromatic N) is 1. The Morgan fingerprint density at radius 1 is 1.18 bits per heavy atom. The van der Waals surface area contributed by atoms with Gasteiger partial charge in [-0.2, -0.15) is 0 Å². The van der Waals surface area contributed by atoms with Gasteiger partial charge < -0.3 is 0 Å². The van der Waals surface area contributed by atoms with Gasteiger partial charge in [-0.25, -0.2) is 0 Å². The Bertz CT molecular complexity index is 494. The molecular formula is C19H27NS2. The molecule has 0 radical (unpaired) electrons. The van der Waals surface area contributed by atoms with Crippen molar-refractivity contribution >= 4 is 23.5 Å². The fourth-order valence-electron chi connectivity index (χ4n) is 3.48. The minimum Gasteiger partial charge on any atom is -0.297 e. The number of rotatable bonds is 6. The van der Waals surface area contributed by atoms with Crippen LogP contribution < -0.4 is 0 Å². The molecule has 0 spiro atoms. The number of hydrogen-bond donors (Lipinski definition) is 0. The smallest absolute Gasteiger partial charge is 0.0737 e. The predicted octanol–water partition coefficient (Wildman–Crippen LogP) is 4.97. The van der Waals surface area contributed by atoms with Crippen molar-refractivity contribution < 1.29 is 0 Å². The molecule has 3 rings (SSSR count). The summed E-state index contributed by atoms with van der Waals surface area (Å²) in [6.07, 6.45) is 8.44. The van der Waals surface area contributed by atoms with E-state index >= 15 is 0 Å². The van der Waals surface area contributed by atoms with Crippen LogP contribution in [0.15, 0.2) is 36.9 Å². The summed E-state index contributed by atoms with van der Waals surface area (Å²) in [5, 5.41) is 0. The standard InChI is InChI=1S/C19H27NS2/c1-2-3-6-11-19(21-13-7-14-22-19)16-20-12-10-17-8-4-5-9-18(17)15-20/h2,4-5,8-9H,1,3,6-7,10-16H2. The van der Waals surface area contributed by atoms with Crippen LogP contribution in [-0.4, -0.2) is 33.6 Å². The van der Waals surface area contributed by atoms with Crippen LogP contribution in [0.5, 0.6) is 0 Å². The summed E-state index contributed by atoms with van der Waals surface area (Å²) < 4.78 is 0.424. The Balaban J connectivity index is 1.64. The van der Waals surface area contributed by atoms with Gasteiger partial charge in [-0.05, 0) is 54.7 Å². The van der Waals surface area contributed by atoms with Gasteiger partial charge >= 0.3 is 0 Å². The second-order valence-electron chi connectivity index (χ2n) is 6.37. The van der Waals surface area contributed by atoms with Gasteiger partial charge in [0.05, 0.1) is 4.08 Å². The maximum absolute atomic E-state index is 3.88. The van der Waals surface area contributed by atoms with E-state index in [2.05, 4.69) is 65.3 Å². The zero-order valence-corrected chi connectivity index (χ0v) is 15.1. The van der Waals surface area contributed by atoms with Crippen LogP contribution in [0.4, 0.5) is 0 Å². The zero-order valence-electron chi connectivity index (χ0n) is 13.4. The van der Waals surface area contributed by atoms with Crippen molar-refractivity contribution in [2.24, 2.45) is 0 Å². The Morgan fingerprint density at radius 2 is 1.95 bits per heavy atom. The fraction of sp³-hybridized carbons (Fsp3) is 0.579. The molecule has 1 nitrogen and oxygen atoms in total. The highest BCUT2D eigenvalue weighted by molar-refractivity contribution is 8.18.